The molecule has 1 unspecified atom stereocenters. The Balaban J connectivity index is 2.57. The minimum absolute atomic E-state index is 0.131. The van der Waals surface area contributed by atoms with Crippen LogP contribution in [0.5, 0.6) is 0 Å². The Labute approximate surface area is 120 Å². The Bertz CT molecular complexity index is 732. The van der Waals surface area contributed by atoms with Gasteiger partial charge < -0.3 is 9.47 Å². The van der Waals surface area contributed by atoms with E-state index in [1.165, 1.54) is 5.56 Å². The van der Waals surface area contributed by atoms with Crippen LogP contribution in [-0.4, -0.2) is 32.0 Å². The van der Waals surface area contributed by atoms with E-state index in [4.69, 9.17) is 5.14 Å². The van der Waals surface area contributed by atoms with Crippen molar-refractivity contribution in [2.75, 3.05) is 14.1 Å². The Morgan fingerprint density at radius 1 is 1.35 bits per heavy atom. The first kappa shape index (κ1) is 15.0. The number of nitrogens with zero attached hydrogens (tertiary/aromatic N) is 2. The summed E-state index contributed by atoms with van der Waals surface area (Å²) < 4.78 is 24.5. The summed E-state index contributed by atoms with van der Waals surface area (Å²) in [6.07, 6.45) is 2.09. The normalized spacial score (nSPS) is 14.1. The summed E-state index contributed by atoms with van der Waals surface area (Å²) in [7, 11) is 2.54. The van der Waals surface area contributed by atoms with Crippen LogP contribution in [0.15, 0.2) is 24.4 Å². The molecule has 1 aromatic carbocycles. The second-order valence-electron chi connectivity index (χ2n) is 5.49. The average Bonchev–Trinajstić information content (AvgIpc) is 2.63. The van der Waals surface area contributed by atoms with Gasteiger partial charge in [-0.25, -0.2) is 13.6 Å². The van der Waals surface area contributed by atoms with E-state index in [1.807, 2.05) is 39.3 Å². The zero-order valence-corrected chi connectivity index (χ0v) is 13.1. The highest BCUT2D eigenvalue weighted by Gasteiger charge is 2.16. The summed E-state index contributed by atoms with van der Waals surface area (Å²) in [6, 6.07) is 5.94. The minimum atomic E-state index is -3.51. The maximum Gasteiger partial charge on any atom is 0.213 e. The van der Waals surface area contributed by atoms with Gasteiger partial charge in [-0.1, -0.05) is 6.07 Å². The van der Waals surface area contributed by atoms with Gasteiger partial charge in [0.05, 0.1) is 5.75 Å². The van der Waals surface area contributed by atoms with Gasteiger partial charge >= 0.3 is 0 Å². The highest BCUT2D eigenvalue weighted by molar-refractivity contribution is 7.88. The van der Waals surface area contributed by atoms with E-state index in [0.717, 1.165) is 16.5 Å². The third-order valence-electron chi connectivity index (χ3n) is 3.68. The highest BCUT2D eigenvalue weighted by Crippen LogP contribution is 2.29. The minimum Gasteiger partial charge on any atom is -0.350 e. The number of fused-ring (bicyclic) bond motifs is 1. The number of benzene rings is 1. The van der Waals surface area contributed by atoms with Crippen LogP contribution in [-0.2, 0) is 22.8 Å². The first-order chi connectivity index (χ1) is 9.19. The molecule has 0 aliphatic carbocycles. The molecule has 2 rings (SSSR count). The standard InChI is InChI=1S/C14H21N3O2S/c1-10(16(2)3)13-8-17(4)14-6-5-11(7-12(13)14)9-20(15,18)19/h5-8,10H,9H2,1-4H3,(H2,15,18,19). The van der Waals surface area contributed by atoms with Gasteiger partial charge in [-0.15, -0.1) is 0 Å². The Morgan fingerprint density at radius 2 is 2.00 bits per heavy atom. The van der Waals surface area contributed by atoms with E-state index in [-0.39, 0.29) is 11.8 Å². The van der Waals surface area contributed by atoms with E-state index >= 15 is 0 Å². The lowest BCUT2D eigenvalue weighted by atomic mass is 10.0. The number of aryl methyl sites for hydroxylation is 1. The number of nitrogens with two attached hydrogens (primary N) is 1. The molecule has 1 atom stereocenters. The van der Waals surface area contributed by atoms with E-state index in [1.54, 1.807) is 0 Å². The molecule has 2 aromatic rings. The van der Waals surface area contributed by atoms with Crippen LogP contribution in [0.25, 0.3) is 10.9 Å². The Kier molecular flexibility index (Phi) is 3.90. The number of hydrogen-bond acceptors (Lipinski definition) is 3. The van der Waals surface area contributed by atoms with E-state index in [0.29, 0.717) is 0 Å². The van der Waals surface area contributed by atoms with Crippen LogP contribution in [0, 0.1) is 0 Å². The molecule has 1 heterocycles. The van der Waals surface area contributed by atoms with Crippen LogP contribution in [0.3, 0.4) is 0 Å². The van der Waals surface area contributed by atoms with Gasteiger partial charge in [-0.3, -0.25) is 0 Å². The number of sulfonamides is 1. The zero-order valence-electron chi connectivity index (χ0n) is 12.3. The molecule has 0 saturated heterocycles. The summed E-state index contributed by atoms with van der Waals surface area (Å²) in [6.45, 7) is 2.13. The first-order valence-electron chi connectivity index (χ1n) is 6.44. The molecule has 0 spiro atoms. The predicted octanol–water partition coefficient (Wildman–Crippen LogP) is 1.59. The summed E-state index contributed by atoms with van der Waals surface area (Å²) in [4.78, 5) is 2.13. The maximum absolute atomic E-state index is 11.2. The molecular formula is C14H21N3O2S. The van der Waals surface area contributed by atoms with Crippen LogP contribution >= 0.6 is 0 Å². The van der Waals surface area contributed by atoms with E-state index in [9.17, 15) is 8.42 Å². The van der Waals surface area contributed by atoms with Crippen molar-refractivity contribution < 1.29 is 8.42 Å². The fourth-order valence-corrected chi connectivity index (χ4v) is 3.05. The molecule has 6 heteroatoms. The summed E-state index contributed by atoms with van der Waals surface area (Å²) in [5.74, 6) is -0.131. The Hall–Kier alpha value is -1.37. The molecule has 0 radical (unpaired) electrons. The maximum atomic E-state index is 11.2. The molecule has 2 N–H and O–H groups in total. The van der Waals surface area contributed by atoms with Crippen molar-refractivity contribution in [3.05, 3.63) is 35.5 Å². The first-order valence-corrected chi connectivity index (χ1v) is 8.15. The van der Waals surface area contributed by atoms with E-state index in [2.05, 4.69) is 22.6 Å². The van der Waals surface area contributed by atoms with Gasteiger partial charge in [-0.2, -0.15) is 0 Å². The lowest BCUT2D eigenvalue weighted by molar-refractivity contribution is 0.322. The molecule has 5 nitrogen and oxygen atoms in total. The molecule has 20 heavy (non-hydrogen) atoms. The lowest BCUT2D eigenvalue weighted by Gasteiger charge is -2.19. The number of rotatable bonds is 4. The monoisotopic (exact) mass is 295 g/mol. The largest absolute Gasteiger partial charge is 0.350 e. The summed E-state index contributed by atoms with van der Waals surface area (Å²) >= 11 is 0. The van der Waals surface area contributed by atoms with Crippen LogP contribution in [0.1, 0.15) is 24.1 Å². The Morgan fingerprint density at radius 3 is 2.55 bits per heavy atom. The smallest absolute Gasteiger partial charge is 0.213 e. The van der Waals surface area contributed by atoms with Crippen molar-refractivity contribution in [2.24, 2.45) is 12.2 Å². The average molecular weight is 295 g/mol. The fraction of sp³-hybridized carbons (Fsp3) is 0.429. The lowest BCUT2D eigenvalue weighted by Crippen LogP contribution is -2.16. The zero-order chi connectivity index (χ0) is 15.1. The van der Waals surface area contributed by atoms with Gasteiger partial charge in [0.2, 0.25) is 10.0 Å². The molecule has 0 saturated carbocycles. The van der Waals surface area contributed by atoms with Crippen molar-refractivity contribution in [2.45, 2.75) is 18.7 Å². The van der Waals surface area contributed by atoms with Gasteiger partial charge in [0, 0.05) is 30.2 Å². The van der Waals surface area contributed by atoms with Crippen molar-refractivity contribution >= 4 is 20.9 Å². The molecule has 0 fully saturated rings. The number of primary sulfonamides is 1. The van der Waals surface area contributed by atoms with Gasteiger partial charge in [0.25, 0.3) is 0 Å². The van der Waals surface area contributed by atoms with Gasteiger partial charge in [-0.05, 0) is 44.3 Å². The fourth-order valence-electron chi connectivity index (χ4n) is 2.40. The molecule has 1 aromatic heterocycles. The third kappa shape index (κ3) is 3.03. The summed E-state index contributed by atoms with van der Waals surface area (Å²) in [5.41, 5.74) is 2.99. The second-order valence-corrected chi connectivity index (χ2v) is 7.11. The van der Waals surface area contributed by atoms with Crippen LogP contribution < -0.4 is 5.14 Å². The molecule has 0 aliphatic heterocycles. The molecule has 0 bridgehead atoms. The predicted molar refractivity (Wildman–Crippen MR) is 81.8 cm³/mol. The molecule has 110 valence electrons. The van der Waals surface area contributed by atoms with Crippen molar-refractivity contribution in [1.82, 2.24) is 9.47 Å². The molecular weight excluding hydrogens is 274 g/mol. The van der Waals surface area contributed by atoms with Crippen molar-refractivity contribution in [1.29, 1.82) is 0 Å². The topological polar surface area (TPSA) is 68.3 Å². The third-order valence-corrected chi connectivity index (χ3v) is 4.41. The number of aromatic nitrogens is 1. The van der Waals surface area contributed by atoms with Gasteiger partial charge in [0.1, 0.15) is 0 Å². The van der Waals surface area contributed by atoms with Crippen LogP contribution in [0.4, 0.5) is 0 Å². The SMILES string of the molecule is CC(c1cn(C)c2ccc(CS(N)(=O)=O)cc12)N(C)C. The molecule has 0 aliphatic rings. The van der Waals surface area contributed by atoms with Crippen LogP contribution in [0.2, 0.25) is 0 Å². The van der Waals surface area contributed by atoms with Gasteiger partial charge in [0.15, 0.2) is 0 Å². The quantitative estimate of drug-likeness (QED) is 0.931. The van der Waals surface area contributed by atoms with Crippen molar-refractivity contribution in [3.63, 3.8) is 0 Å². The summed E-state index contributed by atoms with van der Waals surface area (Å²) in [5, 5.41) is 6.20. The highest BCUT2D eigenvalue weighted by atomic mass is 32.2. The molecule has 0 amide bonds. The van der Waals surface area contributed by atoms with E-state index < -0.39 is 10.0 Å². The van der Waals surface area contributed by atoms with Crippen molar-refractivity contribution in [3.8, 4) is 0 Å². The number of hydrogen-bond donors (Lipinski definition) is 1. The second kappa shape index (κ2) is 5.20.